The third-order valence-electron chi connectivity index (χ3n) is 3.79. The second-order valence-corrected chi connectivity index (χ2v) is 5.64. The Kier molecular flexibility index (Phi) is 6.08. The largest absolute Gasteiger partial charge is 0.454 e. The highest BCUT2D eigenvalue weighted by molar-refractivity contribution is 5.85. The van der Waals surface area contributed by atoms with Crippen LogP contribution >= 0.6 is 12.4 Å². The zero-order valence-electron chi connectivity index (χ0n) is 13.5. The minimum atomic E-state index is 0. The first-order chi connectivity index (χ1) is 10.7. The lowest BCUT2D eigenvalue weighted by atomic mass is 10.1. The van der Waals surface area contributed by atoms with E-state index in [2.05, 4.69) is 67.4 Å². The van der Waals surface area contributed by atoms with E-state index in [1.54, 1.807) is 0 Å². The summed E-state index contributed by atoms with van der Waals surface area (Å²) in [4.78, 5) is 2.27. The van der Waals surface area contributed by atoms with Gasteiger partial charge in [-0.05, 0) is 42.8 Å². The lowest BCUT2D eigenvalue weighted by Crippen LogP contribution is -2.17. The fourth-order valence-corrected chi connectivity index (χ4v) is 2.55. The molecule has 0 unspecified atom stereocenters. The summed E-state index contributed by atoms with van der Waals surface area (Å²) in [5.41, 5.74) is 3.81. The zero-order valence-corrected chi connectivity index (χ0v) is 14.3. The highest BCUT2D eigenvalue weighted by Crippen LogP contribution is 2.32. The number of hydrogen-bond donors (Lipinski definition) is 0. The lowest BCUT2D eigenvalue weighted by molar-refractivity contribution is 0.174. The number of benzene rings is 2. The summed E-state index contributed by atoms with van der Waals surface area (Å²) >= 11 is 0. The van der Waals surface area contributed by atoms with Gasteiger partial charge in [-0.2, -0.15) is 0 Å². The van der Waals surface area contributed by atoms with E-state index >= 15 is 0 Å². The number of hydrogen-bond acceptors (Lipinski definition) is 3. The molecule has 122 valence electrons. The van der Waals surface area contributed by atoms with Crippen LogP contribution in [0.2, 0.25) is 0 Å². The molecule has 0 N–H and O–H groups in total. The monoisotopic (exact) mass is 331 g/mol. The van der Waals surface area contributed by atoms with Crippen LogP contribution in [-0.4, -0.2) is 25.3 Å². The van der Waals surface area contributed by atoms with Crippen molar-refractivity contribution in [3.05, 3.63) is 65.2 Å². The summed E-state index contributed by atoms with van der Waals surface area (Å²) in [5.74, 6) is 1.69. The number of fused-ring (bicyclic) bond motifs is 1. The molecule has 1 aliphatic rings. The second-order valence-electron chi connectivity index (χ2n) is 5.64. The van der Waals surface area contributed by atoms with Gasteiger partial charge < -0.3 is 9.47 Å². The third kappa shape index (κ3) is 4.50. The molecule has 1 aliphatic heterocycles. The fraction of sp³-hybridized carbons (Fsp3) is 0.263. The van der Waals surface area contributed by atoms with Crippen molar-refractivity contribution in [1.29, 1.82) is 0 Å². The van der Waals surface area contributed by atoms with Crippen LogP contribution in [0.1, 0.15) is 16.7 Å². The average Bonchev–Trinajstić information content (AvgIpc) is 2.97. The number of aryl methyl sites for hydroxylation is 1. The summed E-state index contributed by atoms with van der Waals surface area (Å²) in [6.07, 6.45) is 4.39. The van der Waals surface area contributed by atoms with Crippen molar-refractivity contribution in [2.75, 3.05) is 20.4 Å². The van der Waals surface area contributed by atoms with Gasteiger partial charge in [0.1, 0.15) is 0 Å². The standard InChI is InChI=1S/C19H21NO2.ClH/c1-15-6-3-4-7-17(15)8-5-11-20(2)13-16-9-10-18-19(12-16)22-14-21-18;/h3-10,12H,11,13-14H2,1-2H3;1H/b8-5+;. The maximum absolute atomic E-state index is 5.42. The minimum absolute atomic E-state index is 0. The molecule has 0 aliphatic carbocycles. The third-order valence-corrected chi connectivity index (χ3v) is 3.79. The quantitative estimate of drug-likeness (QED) is 0.815. The molecule has 0 aromatic heterocycles. The number of nitrogens with zero attached hydrogens (tertiary/aromatic N) is 1. The maximum Gasteiger partial charge on any atom is 0.231 e. The predicted molar refractivity (Wildman–Crippen MR) is 96.4 cm³/mol. The predicted octanol–water partition coefficient (Wildman–Crippen LogP) is 4.29. The Hall–Kier alpha value is -1.97. The molecule has 2 aromatic rings. The Balaban J connectivity index is 0.00000192. The Morgan fingerprint density at radius 2 is 1.87 bits per heavy atom. The number of halogens is 1. The Labute approximate surface area is 143 Å². The zero-order chi connectivity index (χ0) is 15.4. The number of likely N-dealkylation sites (N-methyl/N-ethyl adjacent to an activating group) is 1. The molecule has 0 bridgehead atoms. The first kappa shape index (κ1) is 17.4. The van der Waals surface area contributed by atoms with Gasteiger partial charge in [-0.25, -0.2) is 0 Å². The summed E-state index contributed by atoms with van der Waals surface area (Å²) in [6.45, 7) is 4.25. The second kappa shape index (κ2) is 8.04. The Bertz CT molecular complexity index is 685. The highest BCUT2D eigenvalue weighted by atomic mass is 35.5. The molecular formula is C19H22ClNO2. The van der Waals surface area contributed by atoms with Crippen molar-refractivity contribution in [2.24, 2.45) is 0 Å². The summed E-state index contributed by atoms with van der Waals surface area (Å²) in [5, 5.41) is 0. The van der Waals surface area contributed by atoms with Crippen LogP contribution in [0.5, 0.6) is 11.5 Å². The van der Waals surface area contributed by atoms with E-state index in [0.29, 0.717) is 6.79 Å². The number of rotatable bonds is 5. The molecule has 1 heterocycles. The van der Waals surface area contributed by atoms with Crippen molar-refractivity contribution in [2.45, 2.75) is 13.5 Å². The fourth-order valence-electron chi connectivity index (χ4n) is 2.55. The molecule has 0 radical (unpaired) electrons. The van der Waals surface area contributed by atoms with Gasteiger partial charge in [-0.1, -0.05) is 42.5 Å². The van der Waals surface area contributed by atoms with Gasteiger partial charge in [-0.3, -0.25) is 4.90 Å². The van der Waals surface area contributed by atoms with Crippen molar-refractivity contribution < 1.29 is 9.47 Å². The van der Waals surface area contributed by atoms with Crippen molar-refractivity contribution in [3.8, 4) is 11.5 Å². The van der Waals surface area contributed by atoms with Crippen molar-refractivity contribution >= 4 is 18.5 Å². The van der Waals surface area contributed by atoms with Gasteiger partial charge in [0, 0.05) is 13.1 Å². The average molecular weight is 332 g/mol. The highest BCUT2D eigenvalue weighted by Gasteiger charge is 2.13. The smallest absolute Gasteiger partial charge is 0.231 e. The van der Waals surface area contributed by atoms with E-state index in [0.717, 1.165) is 24.6 Å². The van der Waals surface area contributed by atoms with Crippen LogP contribution in [0.4, 0.5) is 0 Å². The first-order valence-corrected chi connectivity index (χ1v) is 7.51. The van der Waals surface area contributed by atoms with Crippen LogP contribution in [0.25, 0.3) is 6.08 Å². The van der Waals surface area contributed by atoms with Gasteiger partial charge in [0.2, 0.25) is 6.79 Å². The molecule has 4 heteroatoms. The van der Waals surface area contributed by atoms with Crippen molar-refractivity contribution in [3.63, 3.8) is 0 Å². The van der Waals surface area contributed by atoms with Gasteiger partial charge in [0.15, 0.2) is 11.5 Å². The summed E-state index contributed by atoms with van der Waals surface area (Å²) in [6, 6.07) is 14.6. The lowest BCUT2D eigenvalue weighted by Gasteiger charge is -2.14. The molecular weight excluding hydrogens is 310 g/mol. The SMILES string of the molecule is Cc1ccccc1/C=C/CN(C)Cc1ccc2c(c1)OCO2.Cl. The van der Waals surface area contributed by atoms with Crippen LogP contribution in [0.3, 0.4) is 0 Å². The van der Waals surface area contributed by atoms with E-state index in [1.807, 2.05) is 6.07 Å². The van der Waals surface area contributed by atoms with E-state index in [4.69, 9.17) is 9.47 Å². The maximum atomic E-state index is 5.42. The Morgan fingerprint density at radius 3 is 2.70 bits per heavy atom. The topological polar surface area (TPSA) is 21.7 Å². The van der Waals surface area contributed by atoms with Crippen LogP contribution in [0, 0.1) is 6.92 Å². The van der Waals surface area contributed by atoms with Gasteiger partial charge in [0.05, 0.1) is 0 Å². The molecule has 0 spiro atoms. The van der Waals surface area contributed by atoms with E-state index in [1.165, 1.54) is 16.7 Å². The summed E-state index contributed by atoms with van der Waals surface area (Å²) < 4.78 is 10.8. The molecule has 0 saturated heterocycles. The van der Waals surface area contributed by atoms with E-state index < -0.39 is 0 Å². The molecule has 0 fully saturated rings. The van der Waals surface area contributed by atoms with Gasteiger partial charge >= 0.3 is 0 Å². The molecule has 0 saturated carbocycles. The van der Waals surface area contributed by atoms with Crippen LogP contribution in [0.15, 0.2) is 48.5 Å². The Morgan fingerprint density at radius 1 is 1.09 bits per heavy atom. The van der Waals surface area contributed by atoms with Crippen LogP contribution < -0.4 is 9.47 Å². The molecule has 2 aromatic carbocycles. The molecule has 0 atom stereocenters. The van der Waals surface area contributed by atoms with Crippen molar-refractivity contribution in [1.82, 2.24) is 4.90 Å². The molecule has 0 amide bonds. The summed E-state index contributed by atoms with van der Waals surface area (Å²) in [7, 11) is 2.12. The number of ether oxygens (including phenoxy) is 2. The van der Waals surface area contributed by atoms with Gasteiger partial charge in [0.25, 0.3) is 0 Å². The van der Waals surface area contributed by atoms with E-state index in [-0.39, 0.29) is 12.4 Å². The van der Waals surface area contributed by atoms with Gasteiger partial charge in [-0.15, -0.1) is 12.4 Å². The first-order valence-electron chi connectivity index (χ1n) is 7.51. The molecule has 3 nitrogen and oxygen atoms in total. The van der Waals surface area contributed by atoms with Crippen LogP contribution in [-0.2, 0) is 6.54 Å². The normalized spacial score (nSPS) is 12.7. The minimum Gasteiger partial charge on any atom is -0.454 e. The molecule has 23 heavy (non-hydrogen) atoms. The molecule has 3 rings (SSSR count). The van der Waals surface area contributed by atoms with E-state index in [9.17, 15) is 0 Å².